The van der Waals surface area contributed by atoms with Gasteiger partial charge in [0.05, 0.1) is 6.10 Å². The molecule has 19 heavy (non-hydrogen) atoms. The Hall–Kier alpha value is -1.32. The molecule has 0 bridgehead atoms. The van der Waals surface area contributed by atoms with Crippen LogP contribution in [-0.4, -0.2) is 34.6 Å². The zero-order chi connectivity index (χ0) is 13.2. The van der Waals surface area contributed by atoms with E-state index >= 15 is 0 Å². The minimum atomic E-state index is -0.388. The van der Waals surface area contributed by atoms with Crippen molar-refractivity contribution in [2.45, 2.75) is 25.9 Å². The SMILES string of the molecule is CC1CCN(C[C@H](O)c2ccc3cc[nH]c3c2)CC1. The molecule has 1 atom stereocenters. The minimum Gasteiger partial charge on any atom is -0.387 e. The lowest BCUT2D eigenvalue weighted by Crippen LogP contribution is -2.35. The molecular weight excluding hydrogens is 236 g/mol. The molecule has 0 amide bonds. The fourth-order valence-corrected chi connectivity index (χ4v) is 2.87. The van der Waals surface area contributed by atoms with Gasteiger partial charge in [-0.3, -0.25) is 0 Å². The summed E-state index contributed by atoms with van der Waals surface area (Å²) in [5, 5.41) is 11.6. The molecule has 1 saturated heterocycles. The number of likely N-dealkylation sites (tertiary alicyclic amines) is 1. The van der Waals surface area contributed by atoms with Crippen LogP contribution >= 0.6 is 0 Å². The Balaban J connectivity index is 1.67. The highest BCUT2D eigenvalue weighted by molar-refractivity contribution is 5.79. The molecule has 1 aliphatic rings. The van der Waals surface area contributed by atoms with Crippen molar-refractivity contribution in [1.29, 1.82) is 0 Å². The van der Waals surface area contributed by atoms with Gasteiger partial charge in [0, 0.05) is 18.3 Å². The zero-order valence-electron chi connectivity index (χ0n) is 11.5. The molecule has 0 spiro atoms. The van der Waals surface area contributed by atoms with Gasteiger partial charge in [0.25, 0.3) is 0 Å². The Morgan fingerprint density at radius 3 is 2.89 bits per heavy atom. The minimum absolute atomic E-state index is 0.388. The molecule has 3 nitrogen and oxygen atoms in total. The lowest BCUT2D eigenvalue weighted by molar-refractivity contribution is 0.0917. The Kier molecular flexibility index (Phi) is 3.58. The summed E-state index contributed by atoms with van der Waals surface area (Å²) in [6.45, 7) is 5.29. The van der Waals surface area contributed by atoms with E-state index < -0.39 is 0 Å². The number of β-amino-alcohol motifs (C(OH)–C–C–N with tert-alkyl or cyclic N) is 1. The fraction of sp³-hybridized carbons (Fsp3) is 0.500. The average Bonchev–Trinajstić information content (AvgIpc) is 2.88. The molecule has 1 aromatic heterocycles. The Bertz CT molecular complexity index is 540. The van der Waals surface area contributed by atoms with E-state index in [2.05, 4.69) is 35.0 Å². The summed E-state index contributed by atoms with van der Waals surface area (Å²) < 4.78 is 0. The van der Waals surface area contributed by atoms with Crippen molar-refractivity contribution < 1.29 is 5.11 Å². The monoisotopic (exact) mass is 258 g/mol. The van der Waals surface area contributed by atoms with E-state index in [4.69, 9.17) is 0 Å². The molecule has 0 unspecified atom stereocenters. The van der Waals surface area contributed by atoms with Crippen molar-refractivity contribution in [2.75, 3.05) is 19.6 Å². The third-order valence-electron chi connectivity index (χ3n) is 4.27. The average molecular weight is 258 g/mol. The van der Waals surface area contributed by atoms with Crippen molar-refractivity contribution in [3.05, 3.63) is 36.0 Å². The number of aliphatic hydroxyl groups excluding tert-OH is 1. The maximum absolute atomic E-state index is 10.4. The maximum Gasteiger partial charge on any atom is 0.0917 e. The van der Waals surface area contributed by atoms with Crippen LogP contribution in [0.15, 0.2) is 30.5 Å². The number of aromatic nitrogens is 1. The van der Waals surface area contributed by atoms with Gasteiger partial charge in [-0.05, 0) is 54.9 Å². The van der Waals surface area contributed by atoms with Crippen LogP contribution in [-0.2, 0) is 0 Å². The molecule has 0 radical (unpaired) electrons. The number of H-pyrrole nitrogens is 1. The van der Waals surface area contributed by atoms with Crippen LogP contribution in [0.2, 0.25) is 0 Å². The number of piperidine rings is 1. The van der Waals surface area contributed by atoms with E-state index in [1.54, 1.807) is 0 Å². The third kappa shape index (κ3) is 2.82. The number of hydrogen-bond acceptors (Lipinski definition) is 2. The number of aliphatic hydroxyl groups is 1. The fourth-order valence-electron chi connectivity index (χ4n) is 2.87. The summed E-state index contributed by atoms with van der Waals surface area (Å²) >= 11 is 0. The number of nitrogens with zero attached hydrogens (tertiary/aromatic N) is 1. The molecular formula is C16H22N2O. The lowest BCUT2D eigenvalue weighted by Gasteiger charge is -2.31. The quantitative estimate of drug-likeness (QED) is 0.888. The van der Waals surface area contributed by atoms with Crippen LogP contribution in [0.4, 0.5) is 0 Å². The van der Waals surface area contributed by atoms with Crippen LogP contribution in [0.25, 0.3) is 10.9 Å². The van der Waals surface area contributed by atoms with Crippen LogP contribution in [0, 0.1) is 5.92 Å². The molecule has 1 aromatic carbocycles. The second-order valence-electron chi connectivity index (χ2n) is 5.82. The molecule has 1 aliphatic heterocycles. The number of aromatic amines is 1. The van der Waals surface area contributed by atoms with E-state index in [1.807, 2.05) is 12.3 Å². The highest BCUT2D eigenvalue weighted by Crippen LogP contribution is 2.22. The van der Waals surface area contributed by atoms with Gasteiger partial charge in [-0.1, -0.05) is 19.1 Å². The van der Waals surface area contributed by atoms with Gasteiger partial charge in [0.1, 0.15) is 0 Å². The molecule has 2 heterocycles. The molecule has 3 rings (SSSR count). The van der Waals surface area contributed by atoms with Gasteiger partial charge in [-0.15, -0.1) is 0 Å². The molecule has 102 valence electrons. The smallest absolute Gasteiger partial charge is 0.0917 e. The number of rotatable bonds is 3. The Labute approximate surface area is 114 Å². The largest absolute Gasteiger partial charge is 0.387 e. The maximum atomic E-state index is 10.4. The zero-order valence-corrected chi connectivity index (χ0v) is 11.5. The normalized spacial score (nSPS) is 19.9. The second-order valence-corrected chi connectivity index (χ2v) is 5.82. The topological polar surface area (TPSA) is 39.3 Å². The van der Waals surface area contributed by atoms with Gasteiger partial charge >= 0.3 is 0 Å². The van der Waals surface area contributed by atoms with E-state index in [0.29, 0.717) is 0 Å². The van der Waals surface area contributed by atoms with Crippen molar-refractivity contribution in [1.82, 2.24) is 9.88 Å². The van der Waals surface area contributed by atoms with Crippen LogP contribution < -0.4 is 0 Å². The predicted octanol–water partition coefficient (Wildman–Crippen LogP) is 2.93. The number of fused-ring (bicyclic) bond motifs is 1. The van der Waals surface area contributed by atoms with Crippen molar-refractivity contribution in [3.8, 4) is 0 Å². The first-order valence-corrected chi connectivity index (χ1v) is 7.20. The van der Waals surface area contributed by atoms with Crippen LogP contribution in [0.3, 0.4) is 0 Å². The summed E-state index contributed by atoms with van der Waals surface area (Å²) in [6, 6.07) is 8.22. The summed E-state index contributed by atoms with van der Waals surface area (Å²) in [5.74, 6) is 0.837. The first-order valence-electron chi connectivity index (χ1n) is 7.20. The van der Waals surface area contributed by atoms with Crippen LogP contribution in [0.1, 0.15) is 31.4 Å². The third-order valence-corrected chi connectivity index (χ3v) is 4.27. The number of benzene rings is 1. The lowest BCUT2D eigenvalue weighted by atomic mass is 9.98. The molecule has 0 aliphatic carbocycles. The van der Waals surface area contributed by atoms with E-state index in [9.17, 15) is 5.11 Å². The summed E-state index contributed by atoms with van der Waals surface area (Å²) in [5.41, 5.74) is 2.11. The summed E-state index contributed by atoms with van der Waals surface area (Å²) in [4.78, 5) is 5.58. The standard InChI is InChI=1S/C16H22N2O/c1-12-5-8-18(9-6-12)11-16(19)14-3-2-13-4-7-17-15(13)10-14/h2-4,7,10,12,16-17,19H,5-6,8-9,11H2,1H3/t16-/m0/s1. The first-order chi connectivity index (χ1) is 9.22. The van der Waals surface area contributed by atoms with E-state index in [0.717, 1.165) is 36.6 Å². The number of nitrogens with one attached hydrogen (secondary N) is 1. The summed E-state index contributed by atoms with van der Waals surface area (Å²) in [6.07, 6.45) is 4.05. The summed E-state index contributed by atoms with van der Waals surface area (Å²) in [7, 11) is 0. The second kappa shape index (κ2) is 5.35. The highest BCUT2D eigenvalue weighted by Gasteiger charge is 2.19. The van der Waals surface area contributed by atoms with Gasteiger partial charge in [-0.2, -0.15) is 0 Å². The Morgan fingerprint density at radius 1 is 1.32 bits per heavy atom. The van der Waals surface area contributed by atoms with Crippen LogP contribution in [0.5, 0.6) is 0 Å². The van der Waals surface area contributed by atoms with Crippen molar-refractivity contribution in [2.24, 2.45) is 5.92 Å². The van der Waals surface area contributed by atoms with Gasteiger partial charge < -0.3 is 15.0 Å². The molecule has 2 aromatic rings. The van der Waals surface area contributed by atoms with Gasteiger partial charge in [0.2, 0.25) is 0 Å². The molecule has 1 fully saturated rings. The van der Waals surface area contributed by atoms with Crippen molar-refractivity contribution >= 4 is 10.9 Å². The first kappa shape index (κ1) is 12.7. The molecule has 0 saturated carbocycles. The van der Waals surface area contributed by atoms with E-state index in [1.165, 1.54) is 18.2 Å². The van der Waals surface area contributed by atoms with Gasteiger partial charge in [-0.25, -0.2) is 0 Å². The predicted molar refractivity (Wildman–Crippen MR) is 78.1 cm³/mol. The van der Waals surface area contributed by atoms with Crippen molar-refractivity contribution in [3.63, 3.8) is 0 Å². The Morgan fingerprint density at radius 2 is 2.11 bits per heavy atom. The van der Waals surface area contributed by atoms with E-state index in [-0.39, 0.29) is 6.10 Å². The number of hydrogen-bond donors (Lipinski definition) is 2. The molecule has 3 heteroatoms. The van der Waals surface area contributed by atoms with Gasteiger partial charge in [0.15, 0.2) is 0 Å². The highest BCUT2D eigenvalue weighted by atomic mass is 16.3. The molecule has 2 N–H and O–H groups in total.